The van der Waals surface area contributed by atoms with Crippen LogP contribution in [0, 0.1) is 0 Å². The van der Waals surface area contributed by atoms with E-state index < -0.39 is 8.80 Å². The monoisotopic (exact) mass is 276 g/mol. The lowest BCUT2D eigenvalue weighted by Crippen LogP contribution is -2.55. The van der Waals surface area contributed by atoms with E-state index in [1.807, 2.05) is 30.3 Å². The quantitative estimate of drug-likeness (QED) is 0.769. The van der Waals surface area contributed by atoms with Crippen LogP contribution in [0.15, 0.2) is 42.7 Å². The van der Waals surface area contributed by atoms with E-state index in [9.17, 15) is 0 Å². The molecule has 19 heavy (non-hydrogen) atoms. The van der Waals surface area contributed by atoms with Gasteiger partial charge in [0.25, 0.3) is 0 Å². The van der Waals surface area contributed by atoms with Crippen LogP contribution in [-0.4, -0.2) is 40.1 Å². The fourth-order valence-electron chi connectivity index (χ4n) is 1.94. The van der Waals surface area contributed by atoms with Gasteiger partial charge in [0.15, 0.2) is 0 Å². The Hall–Kier alpha value is -1.60. The highest BCUT2D eigenvalue weighted by Crippen LogP contribution is 2.16. The first-order chi connectivity index (χ1) is 9.27. The fraction of sp³-hybridized carbons (Fsp3) is 0.231. The molecule has 0 aliphatic heterocycles. The van der Waals surface area contributed by atoms with Crippen molar-refractivity contribution in [1.82, 2.24) is 9.97 Å². The van der Waals surface area contributed by atoms with Crippen LogP contribution in [0.3, 0.4) is 0 Å². The van der Waals surface area contributed by atoms with E-state index in [1.165, 1.54) is 0 Å². The third-order valence-corrected chi connectivity index (χ3v) is 5.53. The maximum absolute atomic E-state index is 5.51. The van der Waals surface area contributed by atoms with Crippen LogP contribution in [0.4, 0.5) is 0 Å². The molecule has 100 valence electrons. The minimum absolute atomic E-state index is 0.723. The van der Waals surface area contributed by atoms with Crippen molar-refractivity contribution < 1.29 is 13.3 Å². The molecule has 2 aromatic heterocycles. The van der Waals surface area contributed by atoms with Crippen molar-refractivity contribution in [2.45, 2.75) is 0 Å². The van der Waals surface area contributed by atoms with Crippen molar-refractivity contribution in [2.24, 2.45) is 0 Å². The second-order valence-electron chi connectivity index (χ2n) is 3.78. The van der Waals surface area contributed by atoms with Gasteiger partial charge in [0.05, 0.1) is 16.6 Å². The van der Waals surface area contributed by atoms with E-state index in [4.69, 9.17) is 13.3 Å². The smallest absolute Gasteiger partial charge is 0.373 e. The molecule has 0 aliphatic rings. The van der Waals surface area contributed by atoms with Gasteiger partial charge in [0, 0.05) is 33.7 Å². The Morgan fingerprint density at radius 2 is 1.53 bits per heavy atom. The summed E-state index contributed by atoms with van der Waals surface area (Å²) in [6.07, 6.45) is 3.44. The van der Waals surface area contributed by atoms with Crippen molar-refractivity contribution in [2.75, 3.05) is 21.3 Å². The van der Waals surface area contributed by atoms with Crippen molar-refractivity contribution in [3.63, 3.8) is 0 Å². The average molecular weight is 276 g/mol. The number of hydrogen-bond donors (Lipinski definition) is 0. The van der Waals surface area contributed by atoms with E-state index in [-0.39, 0.29) is 0 Å². The molecule has 0 fully saturated rings. The second-order valence-corrected chi connectivity index (χ2v) is 6.66. The molecule has 0 spiro atoms. The zero-order valence-corrected chi connectivity index (χ0v) is 12.2. The van der Waals surface area contributed by atoms with E-state index in [0.29, 0.717) is 0 Å². The van der Waals surface area contributed by atoms with Crippen LogP contribution in [0.1, 0.15) is 0 Å². The molecule has 6 heteroatoms. The Morgan fingerprint density at radius 1 is 0.842 bits per heavy atom. The number of nitrogens with zero attached hydrogens (tertiary/aromatic N) is 2. The highest BCUT2D eigenvalue weighted by atomic mass is 28.4. The molecule has 0 saturated heterocycles. The summed E-state index contributed by atoms with van der Waals surface area (Å²) >= 11 is 0. The molecule has 0 unspecified atom stereocenters. The maximum Gasteiger partial charge on any atom is 0.538 e. The number of hydrogen-bond acceptors (Lipinski definition) is 5. The van der Waals surface area contributed by atoms with E-state index in [2.05, 4.69) is 9.97 Å². The van der Waals surface area contributed by atoms with Gasteiger partial charge in [0.1, 0.15) is 0 Å². The zero-order valence-electron chi connectivity index (χ0n) is 11.2. The molecule has 2 rings (SSSR count). The molecular formula is C13H16N2O3Si. The largest absolute Gasteiger partial charge is 0.538 e. The third kappa shape index (κ3) is 2.57. The van der Waals surface area contributed by atoms with Crippen molar-refractivity contribution in [1.29, 1.82) is 0 Å². The predicted octanol–water partition coefficient (Wildman–Crippen LogP) is 1.23. The summed E-state index contributed by atoms with van der Waals surface area (Å²) in [6.45, 7) is 0. The Labute approximate surface area is 113 Å². The van der Waals surface area contributed by atoms with E-state index in [1.54, 1.807) is 33.7 Å². The summed E-state index contributed by atoms with van der Waals surface area (Å²) in [7, 11) is 1.81. The lowest BCUT2D eigenvalue weighted by Gasteiger charge is -2.25. The van der Waals surface area contributed by atoms with E-state index >= 15 is 0 Å². The number of rotatable bonds is 5. The molecular weight excluding hydrogens is 260 g/mol. The molecule has 0 atom stereocenters. The Balaban J connectivity index is 2.59. The second kappa shape index (κ2) is 6.03. The number of pyridine rings is 2. The van der Waals surface area contributed by atoms with Gasteiger partial charge in [-0.05, 0) is 18.2 Å². The van der Waals surface area contributed by atoms with Crippen LogP contribution in [-0.2, 0) is 13.3 Å². The Kier molecular flexibility index (Phi) is 4.38. The van der Waals surface area contributed by atoms with Crippen LogP contribution in [0.25, 0.3) is 11.4 Å². The standard InChI is InChI=1S/C13H16N2O3Si/c1-16-19(17-2,18-3)12-8-6-10-15-13(12)11-7-4-5-9-14-11/h4-10H,1-3H3. The molecule has 0 N–H and O–H groups in total. The minimum Gasteiger partial charge on any atom is -0.373 e. The van der Waals surface area contributed by atoms with Crippen LogP contribution in [0.5, 0.6) is 0 Å². The minimum atomic E-state index is -2.92. The van der Waals surface area contributed by atoms with Gasteiger partial charge < -0.3 is 13.3 Å². The summed E-state index contributed by atoms with van der Waals surface area (Å²) in [5, 5.41) is 0.807. The fourth-order valence-corrected chi connectivity index (χ4v) is 3.88. The summed E-state index contributed by atoms with van der Waals surface area (Å²) in [4.78, 5) is 8.71. The lowest BCUT2D eigenvalue weighted by atomic mass is 10.2. The Morgan fingerprint density at radius 3 is 2.11 bits per heavy atom. The molecule has 0 aliphatic carbocycles. The molecule has 0 saturated carbocycles. The topological polar surface area (TPSA) is 53.5 Å². The molecule has 0 amide bonds. The lowest BCUT2D eigenvalue weighted by molar-refractivity contribution is 0.140. The number of aromatic nitrogens is 2. The molecule has 0 bridgehead atoms. The van der Waals surface area contributed by atoms with Crippen LogP contribution in [0.2, 0.25) is 0 Å². The SMILES string of the molecule is CO[Si](OC)(OC)c1cccnc1-c1ccccn1. The van der Waals surface area contributed by atoms with Crippen molar-refractivity contribution >= 4 is 14.0 Å². The van der Waals surface area contributed by atoms with Crippen molar-refractivity contribution in [3.8, 4) is 11.4 Å². The predicted molar refractivity (Wildman–Crippen MR) is 73.9 cm³/mol. The average Bonchev–Trinajstić information content (AvgIpc) is 2.51. The molecule has 0 aromatic carbocycles. The van der Waals surface area contributed by atoms with Gasteiger partial charge in [0.2, 0.25) is 0 Å². The molecule has 2 aromatic rings. The van der Waals surface area contributed by atoms with Gasteiger partial charge in [-0.15, -0.1) is 0 Å². The molecule has 0 radical (unpaired) electrons. The summed E-state index contributed by atoms with van der Waals surface area (Å²) in [5.74, 6) is 0. The Bertz CT molecular complexity index is 524. The first-order valence-corrected chi connectivity index (χ1v) is 7.52. The van der Waals surface area contributed by atoms with E-state index in [0.717, 1.165) is 16.6 Å². The van der Waals surface area contributed by atoms with Gasteiger partial charge in [-0.25, -0.2) is 0 Å². The van der Waals surface area contributed by atoms with Crippen molar-refractivity contribution in [3.05, 3.63) is 42.7 Å². The van der Waals surface area contributed by atoms with Gasteiger partial charge in [-0.3, -0.25) is 9.97 Å². The first-order valence-electron chi connectivity index (χ1n) is 5.79. The van der Waals surface area contributed by atoms with Gasteiger partial charge in [-0.1, -0.05) is 12.1 Å². The highest BCUT2D eigenvalue weighted by Gasteiger charge is 2.43. The maximum atomic E-state index is 5.51. The van der Waals surface area contributed by atoms with Crippen LogP contribution >= 0.6 is 0 Å². The highest BCUT2D eigenvalue weighted by molar-refractivity contribution is 6.76. The summed E-state index contributed by atoms with van der Waals surface area (Å²) in [6, 6.07) is 9.41. The van der Waals surface area contributed by atoms with Crippen LogP contribution < -0.4 is 5.19 Å². The summed E-state index contributed by atoms with van der Waals surface area (Å²) < 4.78 is 16.5. The van der Waals surface area contributed by atoms with Gasteiger partial charge >= 0.3 is 8.80 Å². The zero-order chi connectivity index (χ0) is 13.7. The summed E-state index contributed by atoms with van der Waals surface area (Å²) in [5.41, 5.74) is 1.49. The normalized spacial score (nSPS) is 11.5. The first kappa shape index (κ1) is 13.8. The molecule has 2 heterocycles. The van der Waals surface area contributed by atoms with Gasteiger partial charge in [-0.2, -0.15) is 0 Å². The third-order valence-electron chi connectivity index (χ3n) is 2.85. The molecule has 5 nitrogen and oxygen atoms in total.